The van der Waals surface area contributed by atoms with Crippen LogP contribution in [0.2, 0.25) is 0 Å². The lowest BCUT2D eigenvalue weighted by molar-refractivity contribution is 0.0692. The lowest BCUT2D eigenvalue weighted by Crippen LogP contribution is -2.29. The minimum atomic E-state index is -0.623. The van der Waals surface area contributed by atoms with Crippen molar-refractivity contribution in [3.8, 4) is 23.0 Å². The molecule has 0 spiro atoms. The topological polar surface area (TPSA) is 124 Å². The zero-order valence-corrected chi connectivity index (χ0v) is 23.3. The van der Waals surface area contributed by atoms with Crippen LogP contribution >= 0.6 is 0 Å². The molecule has 6 rings (SSSR count). The lowest BCUT2D eigenvalue weighted by Gasteiger charge is -2.27. The van der Waals surface area contributed by atoms with Crippen LogP contribution in [0.4, 0.5) is 5.69 Å². The molecule has 210 valence electrons. The number of anilines is 1. The second-order valence-electron chi connectivity index (χ2n) is 11.0. The van der Waals surface area contributed by atoms with E-state index in [2.05, 4.69) is 0 Å². The zero-order valence-electron chi connectivity index (χ0n) is 23.3. The van der Waals surface area contributed by atoms with E-state index in [1.165, 1.54) is 49.5 Å². The van der Waals surface area contributed by atoms with Gasteiger partial charge in [0, 0.05) is 12.5 Å². The van der Waals surface area contributed by atoms with E-state index in [-0.39, 0.29) is 50.9 Å². The number of benzene rings is 4. The molecule has 4 aromatic rings. The van der Waals surface area contributed by atoms with Crippen LogP contribution in [0, 0.1) is 6.92 Å². The quantitative estimate of drug-likeness (QED) is 0.306. The molecule has 0 aliphatic carbocycles. The number of rotatable bonds is 5. The number of aryl methyl sites for hydroxylation is 1. The van der Waals surface area contributed by atoms with Crippen molar-refractivity contribution in [2.45, 2.75) is 26.2 Å². The molecular formula is C33H26N2O7. The average molecular weight is 563 g/mol. The number of carbonyl (C=O) groups excluding carboxylic acids is 4. The monoisotopic (exact) mass is 562 g/mol. The molecule has 2 N–H and O–H groups in total. The zero-order chi connectivity index (χ0) is 30.1. The highest BCUT2D eigenvalue weighted by Gasteiger charge is 2.39. The Morgan fingerprint density at radius 1 is 0.619 bits per heavy atom. The van der Waals surface area contributed by atoms with Gasteiger partial charge in [0.1, 0.15) is 23.0 Å². The summed E-state index contributed by atoms with van der Waals surface area (Å²) < 4.78 is 5.88. The van der Waals surface area contributed by atoms with Crippen molar-refractivity contribution in [1.29, 1.82) is 0 Å². The Morgan fingerprint density at radius 3 is 1.71 bits per heavy atom. The molecule has 2 aliphatic heterocycles. The molecule has 9 heteroatoms. The molecule has 9 nitrogen and oxygen atoms in total. The first-order valence-electron chi connectivity index (χ1n) is 13.2. The standard InChI is InChI=1S/C33H26N2O7/c1-17-5-6-18(13-27(17)36)33(2,3)19-7-12-26(28(37)14-19)35-31(40)23-11-9-21(16-25(23)32(35)41)42-20-8-10-22-24(15-20)30(39)34(4)29(22)38/h5-16,36-37H,1-4H3. The van der Waals surface area contributed by atoms with Crippen LogP contribution in [0.1, 0.15) is 72.0 Å². The number of carbonyl (C=O) groups is 4. The lowest BCUT2D eigenvalue weighted by atomic mass is 9.77. The first-order chi connectivity index (χ1) is 19.9. The maximum Gasteiger partial charge on any atom is 0.266 e. The molecule has 0 atom stereocenters. The van der Waals surface area contributed by atoms with Gasteiger partial charge in [-0.1, -0.05) is 32.0 Å². The second kappa shape index (κ2) is 9.31. The third-order valence-electron chi connectivity index (χ3n) is 8.02. The maximum absolute atomic E-state index is 13.4. The first kappa shape index (κ1) is 26.8. The Labute approximate surface area is 241 Å². The number of phenols is 2. The molecule has 4 aromatic carbocycles. The van der Waals surface area contributed by atoms with Gasteiger partial charge in [-0.15, -0.1) is 0 Å². The Kier molecular flexibility index (Phi) is 5.93. The molecule has 42 heavy (non-hydrogen) atoms. The van der Waals surface area contributed by atoms with Gasteiger partial charge < -0.3 is 14.9 Å². The Hall–Kier alpha value is -5.44. The van der Waals surface area contributed by atoms with Gasteiger partial charge in [0.25, 0.3) is 23.6 Å². The third kappa shape index (κ3) is 4.01. The number of imide groups is 2. The summed E-state index contributed by atoms with van der Waals surface area (Å²) in [7, 11) is 1.40. The van der Waals surface area contributed by atoms with Gasteiger partial charge in [-0.2, -0.15) is 0 Å². The van der Waals surface area contributed by atoms with Gasteiger partial charge in [-0.25, -0.2) is 4.90 Å². The smallest absolute Gasteiger partial charge is 0.266 e. The predicted octanol–water partition coefficient (Wildman–Crippen LogP) is 5.55. The summed E-state index contributed by atoms with van der Waals surface area (Å²) >= 11 is 0. The molecule has 0 saturated carbocycles. The number of ether oxygens (including phenoxy) is 1. The highest BCUT2D eigenvalue weighted by atomic mass is 16.5. The van der Waals surface area contributed by atoms with Crippen LogP contribution in [-0.2, 0) is 5.41 Å². The summed E-state index contributed by atoms with van der Waals surface area (Å²) in [6, 6.07) is 19.1. The molecule has 0 bridgehead atoms. The fourth-order valence-corrected chi connectivity index (χ4v) is 5.31. The van der Waals surface area contributed by atoms with Crippen LogP contribution in [0.15, 0.2) is 72.8 Å². The summed E-state index contributed by atoms with van der Waals surface area (Å²) in [5.74, 6) is -1.57. The number of hydrogen-bond acceptors (Lipinski definition) is 7. The van der Waals surface area contributed by atoms with Crippen LogP contribution in [-0.4, -0.2) is 45.8 Å². The summed E-state index contributed by atoms with van der Waals surface area (Å²) in [5, 5.41) is 21.2. The number of hydrogen-bond donors (Lipinski definition) is 2. The van der Waals surface area contributed by atoms with Gasteiger partial charge in [0.05, 0.1) is 27.9 Å². The Bertz CT molecular complexity index is 1870. The van der Waals surface area contributed by atoms with Crippen LogP contribution in [0.5, 0.6) is 23.0 Å². The van der Waals surface area contributed by atoms with E-state index < -0.39 is 29.0 Å². The van der Waals surface area contributed by atoms with Crippen molar-refractivity contribution in [3.63, 3.8) is 0 Å². The molecule has 0 saturated heterocycles. The van der Waals surface area contributed by atoms with Crippen molar-refractivity contribution in [1.82, 2.24) is 4.90 Å². The molecule has 4 amide bonds. The second-order valence-corrected chi connectivity index (χ2v) is 11.0. The summed E-state index contributed by atoms with van der Waals surface area (Å²) in [6.45, 7) is 5.70. The van der Waals surface area contributed by atoms with Crippen molar-refractivity contribution < 1.29 is 34.1 Å². The van der Waals surface area contributed by atoms with Crippen LogP contribution < -0.4 is 9.64 Å². The minimum absolute atomic E-state index is 0.0425. The van der Waals surface area contributed by atoms with E-state index in [9.17, 15) is 29.4 Å². The highest BCUT2D eigenvalue weighted by molar-refractivity contribution is 6.35. The van der Waals surface area contributed by atoms with Crippen LogP contribution in [0.3, 0.4) is 0 Å². The molecule has 0 fully saturated rings. The average Bonchev–Trinajstić information content (AvgIpc) is 3.33. The van der Waals surface area contributed by atoms with E-state index in [0.29, 0.717) is 0 Å². The van der Waals surface area contributed by atoms with E-state index in [1.807, 2.05) is 26.0 Å². The molecule has 2 heterocycles. The fraction of sp³-hybridized carbons (Fsp3) is 0.152. The first-order valence-corrected chi connectivity index (χ1v) is 13.2. The fourth-order valence-electron chi connectivity index (χ4n) is 5.31. The van der Waals surface area contributed by atoms with Crippen molar-refractivity contribution in [3.05, 3.63) is 112 Å². The number of nitrogens with zero attached hydrogens (tertiary/aromatic N) is 2. The van der Waals surface area contributed by atoms with Crippen molar-refractivity contribution in [2.75, 3.05) is 11.9 Å². The largest absolute Gasteiger partial charge is 0.508 e. The van der Waals surface area contributed by atoms with Gasteiger partial charge in [-0.05, 0) is 78.2 Å². The normalized spacial score (nSPS) is 14.5. The van der Waals surface area contributed by atoms with Crippen molar-refractivity contribution >= 4 is 29.3 Å². The van der Waals surface area contributed by atoms with Crippen molar-refractivity contribution in [2.24, 2.45) is 0 Å². The van der Waals surface area contributed by atoms with E-state index in [4.69, 9.17) is 4.74 Å². The molecule has 0 aromatic heterocycles. The van der Waals surface area contributed by atoms with E-state index in [1.54, 1.807) is 25.1 Å². The predicted molar refractivity (Wildman–Crippen MR) is 154 cm³/mol. The van der Waals surface area contributed by atoms with Gasteiger partial charge in [0.2, 0.25) is 0 Å². The molecule has 0 unspecified atom stereocenters. The highest BCUT2D eigenvalue weighted by Crippen LogP contribution is 2.41. The van der Waals surface area contributed by atoms with Gasteiger partial charge in [-0.3, -0.25) is 24.1 Å². The van der Waals surface area contributed by atoms with E-state index >= 15 is 0 Å². The molecule has 0 radical (unpaired) electrons. The Morgan fingerprint density at radius 2 is 1.12 bits per heavy atom. The van der Waals surface area contributed by atoms with Gasteiger partial charge in [0.15, 0.2) is 0 Å². The van der Waals surface area contributed by atoms with Crippen LogP contribution in [0.25, 0.3) is 0 Å². The number of aromatic hydroxyl groups is 2. The summed E-state index contributed by atoms with van der Waals surface area (Å²) in [5.41, 5.74) is 2.51. The summed E-state index contributed by atoms with van der Waals surface area (Å²) in [4.78, 5) is 53.2. The minimum Gasteiger partial charge on any atom is -0.508 e. The SMILES string of the molecule is Cc1ccc(C(C)(C)c2ccc(N3C(=O)c4ccc(Oc5ccc6c(c5)C(=O)N(C)C6=O)cc4C3=O)c(O)c2)cc1O. The Balaban J connectivity index is 1.27. The maximum atomic E-state index is 13.4. The number of fused-ring (bicyclic) bond motifs is 2. The summed E-state index contributed by atoms with van der Waals surface area (Å²) in [6.07, 6.45) is 0. The molecule has 2 aliphatic rings. The number of phenolic OH excluding ortho intramolecular Hbond substituents is 2. The molecular weight excluding hydrogens is 536 g/mol. The van der Waals surface area contributed by atoms with Gasteiger partial charge >= 0.3 is 0 Å². The van der Waals surface area contributed by atoms with E-state index in [0.717, 1.165) is 26.5 Å². The third-order valence-corrected chi connectivity index (χ3v) is 8.02. The number of amides is 4.